The number of thiazole rings is 1. The highest BCUT2D eigenvalue weighted by Crippen LogP contribution is 2.34. The Balaban J connectivity index is 1.97. The predicted molar refractivity (Wildman–Crippen MR) is 99.1 cm³/mol. The number of nitrogens with zero attached hydrogens (tertiary/aromatic N) is 2. The number of aromatic nitrogens is 1. The van der Waals surface area contributed by atoms with E-state index in [1.54, 1.807) is 23.6 Å². The summed E-state index contributed by atoms with van der Waals surface area (Å²) in [6.45, 7) is 0. The molecule has 0 saturated carbocycles. The average Bonchev–Trinajstić information content (AvgIpc) is 3.08. The summed E-state index contributed by atoms with van der Waals surface area (Å²) in [6.07, 6.45) is 1.59. The van der Waals surface area contributed by atoms with Gasteiger partial charge in [-0.05, 0) is 48.0 Å². The Morgan fingerprint density at radius 3 is 2.44 bits per heavy atom. The van der Waals surface area contributed by atoms with E-state index in [0.29, 0.717) is 21.8 Å². The van der Waals surface area contributed by atoms with Crippen LogP contribution in [0.25, 0.3) is 22.9 Å². The molecule has 0 atom stereocenters. The van der Waals surface area contributed by atoms with Gasteiger partial charge in [-0.25, -0.2) is 9.37 Å². The van der Waals surface area contributed by atoms with Crippen molar-refractivity contribution in [3.63, 3.8) is 0 Å². The maximum Gasteiger partial charge on any atom is 0.152 e. The van der Waals surface area contributed by atoms with Crippen LogP contribution in [0.15, 0.2) is 41.8 Å². The molecule has 3 aromatic rings. The van der Waals surface area contributed by atoms with Crippen LogP contribution in [-0.4, -0.2) is 10.1 Å². The zero-order valence-electron chi connectivity index (χ0n) is 12.5. The minimum Gasteiger partial charge on any atom is -0.505 e. The van der Waals surface area contributed by atoms with Crippen molar-refractivity contribution in [3.8, 4) is 23.1 Å². The molecule has 25 heavy (non-hydrogen) atoms. The SMILES string of the molecule is N#C/C(=C/c1cc(Cl)c(O)c(Cl)c1)c1nc(-c2ccc(F)cc2)cs1. The van der Waals surface area contributed by atoms with E-state index >= 15 is 0 Å². The zero-order chi connectivity index (χ0) is 18.0. The largest absolute Gasteiger partial charge is 0.505 e. The van der Waals surface area contributed by atoms with E-state index in [1.807, 2.05) is 0 Å². The second kappa shape index (κ2) is 7.24. The monoisotopic (exact) mass is 390 g/mol. The van der Waals surface area contributed by atoms with Crippen LogP contribution >= 0.6 is 34.5 Å². The van der Waals surface area contributed by atoms with Gasteiger partial charge in [-0.1, -0.05) is 23.2 Å². The topological polar surface area (TPSA) is 56.9 Å². The Kier molecular flexibility index (Phi) is 5.05. The summed E-state index contributed by atoms with van der Waals surface area (Å²) in [6, 6.07) is 11.1. The highest BCUT2D eigenvalue weighted by atomic mass is 35.5. The molecular formula is C18H9Cl2FN2OS. The van der Waals surface area contributed by atoms with Crippen molar-refractivity contribution >= 4 is 46.2 Å². The molecule has 2 aromatic carbocycles. The minimum atomic E-state index is -0.321. The molecule has 3 nitrogen and oxygen atoms in total. The molecule has 0 aliphatic rings. The number of hydrogen-bond donors (Lipinski definition) is 1. The lowest BCUT2D eigenvalue weighted by Gasteiger charge is -2.02. The summed E-state index contributed by atoms with van der Waals surface area (Å²) < 4.78 is 13.0. The van der Waals surface area contributed by atoms with Crippen molar-refractivity contribution < 1.29 is 9.50 Å². The molecule has 3 rings (SSSR count). The van der Waals surface area contributed by atoms with Crippen molar-refractivity contribution in [2.24, 2.45) is 0 Å². The second-order valence-electron chi connectivity index (χ2n) is 5.05. The van der Waals surface area contributed by atoms with Gasteiger partial charge in [0.15, 0.2) is 5.75 Å². The molecule has 1 heterocycles. The molecule has 7 heteroatoms. The van der Waals surface area contributed by atoms with Crippen LogP contribution in [0.4, 0.5) is 4.39 Å². The Morgan fingerprint density at radius 1 is 1.20 bits per heavy atom. The second-order valence-corrected chi connectivity index (χ2v) is 6.72. The third-order valence-electron chi connectivity index (χ3n) is 3.35. The van der Waals surface area contributed by atoms with E-state index in [2.05, 4.69) is 11.1 Å². The Morgan fingerprint density at radius 2 is 1.84 bits per heavy atom. The molecule has 1 aromatic heterocycles. The van der Waals surface area contributed by atoms with Crippen molar-refractivity contribution in [2.45, 2.75) is 0 Å². The molecule has 0 saturated heterocycles. The van der Waals surface area contributed by atoms with Gasteiger partial charge < -0.3 is 5.11 Å². The first kappa shape index (κ1) is 17.4. The summed E-state index contributed by atoms with van der Waals surface area (Å²) in [4.78, 5) is 4.43. The van der Waals surface area contributed by atoms with Crippen LogP contribution in [0.3, 0.4) is 0 Å². The van der Waals surface area contributed by atoms with Crippen molar-refractivity contribution in [3.05, 3.63) is 68.2 Å². The third-order valence-corrected chi connectivity index (χ3v) is 4.80. The fraction of sp³-hybridized carbons (Fsp3) is 0. The molecule has 0 aliphatic carbocycles. The number of allylic oxidation sites excluding steroid dienone is 1. The van der Waals surface area contributed by atoms with Crippen LogP contribution in [0.5, 0.6) is 5.75 Å². The normalized spacial score (nSPS) is 11.4. The van der Waals surface area contributed by atoms with Crippen LogP contribution < -0.4 is 0 Å². The van der Waals surface area contributed by atoms with Gasteiger partial charge in [0.05, 0.1) is 21.3 Å². The lowest BCUT2D eigenvalue weighted by molar-refractivity contribution is 0.476. The van der Waals surface area contributed by atoms with Crippen molar-refractivity contribution in [1.82, 2.24) is 4.98 Å². The average molecular weight is 391 g/mol. The van der Waals surface area contributed by atoms with Gasteiger partial charge in [-0.3, -0.25) is 0 Å². The summed E-state index contributed by atoms with van der Waals surface area (Å²) in [7, 11) is 0. The molecule has 124 valence electrons. The van der Waals surface area contributed by atoms with Gasteiger partial charge in [0.1, 0.15) is 16.9 Å². The number of phenols is 1. The van der Waals surface area contributed by atoms with Gasteiger partial charge in [0, 0.05) is 10.9 Å². The van der Waals surface area contributed by atoms with Gasteiger partial charge in [0.25, 0.3) is 0 Å². The number of halogens is 3. The van der Waals surface area contributed by atoms with Crippen molar-refractivity contribution in [2.75, 3.05) is 0 Å². The smallest absolute Gasteiger partial charge is 0.152 e. The van der Waals surface area contributed by atoms with E-state index in [-0.39, 0.29) is 21.6 Å². The summed E-state index contributed by atoms with van der Waals surface area (Å²) in [5.74, 6) is -0.523. The quantitative estimate of drug-likeness (QED) is 0.555. The van der Waals surface area contributed by atoms with Crippen LogP contribution in [0.1, 0.15) is 10.6 Å². The molecule has 0 spiro atoms. The van der Waals surface area contributed by atoms with Crippen LogP contribution in [0, 0.1) is 17.1 Å². The van der Waals surface area contributed by atoms with Crippen LogP contribution in [-0.2, 0) is 0 Å². The first-order valence-electron chi connectivity index (χ1n) is 6.99. The maximum atomic E-state index is 13.0. The first-order valence-corrected chi connectivity index (χ1v) is 8.63. The first-order chi connectivity index (χ1) is 12.0. The zero-order valence-corrected chi connectivity index (χ0v) is 14.8. The van der Waals surface area contributed by atoms with Gasteiger partial charge in [0.2, 0.25) is 0 Å². The maximum absolute atomic E-state index is 13.0. The van der Waals surface area contributed by atoms with Gasteiger partial charge in [-0.2, -0.15) is 5.26 Å². The molecule has 0 aliphatic heterocycles. The van der Waals surface area contributed by atoms with E-state index in [4.69, 9.17) is 23.2 Å². The van der Waals surface area contributed by atoms with E-state index in [9.17, 15) is 14.8 Å². The van der Waals surface area contributed by atoms with E-state index in [1.165, 1.54) is 35.6 Å². The minimum absolute atomic E-state index is 0.0992. The van der Waals surface area contributed by atoms with E-state index < -0.39 is 0 Å². The van der Waals surface area contributed by atoms with Crippen molar-refractivity contribution in [1.29, 1.82) is 5.26 Å². The molecule has 0 fully saturated rings. The number of phenolic OH excluding ortho intramolecular Hbond substituents is 1. The highest BCUT2D eigenvalue weighted by molar-refractivity contribution is 7.11. The number of benzene rings is 2. The summed E-state index contributed by atoms with van der Waals surface area (Å²) in [5.41, 5.74) is 2.32. The Bertz CT molecular complexity index is 984. The molecule has 1 N–H and O–H groups in total. The number of hydrogen-bond acceptors (Lipinski definition) is 4. The molecule has 0 amide bonds. The van der Waals surface area contributed by atoms with Gasteiger partial charge >= 0.3 is 0 Å². The fourth-order valence-corrected chi connectivity index (χ4v) is 3.43. The fourth-order valence-electron chi connectivity index (χ4n) is 2.13. The van der Waals surface area contributed by atoms with Crippen LogP contribution in [0.2, 0.25) is 10.0 Å². The Hall–Kier alpha value is -2.39. The molecule has 0 radical (unpaired) electrons. The highest BCUT2D eigenvalue weighted by Gasteiger charge is 2.11. The number of rotatable bonds is 3. The molecule has 0 unspecified atom stereocenters. The van der Waals surface area contributed by atoms with Gasteiger partial charge in [-0.15, -0.1) is 11.3 Å². The standard InChI is InChI=1S/C18H9Cl2FN2OS/c19-14-6-10(7-15(20)17(14)24)5-12(8-22)18-23-16(9-25-18)11-1-3-13(21)4-2-11/h1-7,9,24H/b12-5-. The summed E-state index contributed by atoms with van der Waals surface area (Å²) >= 11 is 13.1. The molecule has 0 bridgehead atoms. The lowest BCUT2D eigenvalue weighted by Crippen LogP contribution is -1.84. The number of aromatic hydroxyl groups is 1. The Labute approximate surface area is 157 Å². The lowest BCUT2D eigenvalue weighted by atomic mass is 10.1. The number of nitriles is 1. The third kappa shape index (κ3) is 3.83. The molecular weight excluding hydrogens is 382 g/mol. The summed E-state index contributed by atoms with van der Waals surface area (Å²) in [5, 5.41) is 21.5. The predicted octanol–water partition coefficient (Wildman–Crippen LogP) is 6.03. The van der Waals surface area contributed by atoms with E-state index in [0.717, 1.165) is 5.56 Å².